The molecule has 10 aromatic rings. The van der Waals surface area contributed by atoms with Crippen LogP contribution in [-0.4, -0.2) is 4.98 Å². The first-order valence-corrected chi connectivity index (χ1v) is 19.1. The van der Waals surface area contributed by atoms with Crippen LogP contribution in [0.3, 0.4) is 0 Å². The van der Waals surface area contributed by atoms with Crippen LogP contribution in [0.5, 0.6) is 0 Å². The van der Waals surface area contributed by atoms with Gasteiger partial charge < -0.3 is 13.7 Å². The van der Waals surface area contributed by atoms with E-state index in [1.807, 2.05) is 36.4 Å². The fourth-order valence-corrected chi connectivity index (χ4v) is 8.72. The van der Waals surface area contributed by atoms with Crippen molar-refractivity contribution < 1.29 is 8.83 Å². The van der Waals surface area contributed by atoms with E-state index >= 15 is 0 Å². The van der Waals surface area contributed by atoms with Gasteiger partial charge in [0, 0.05) is 38.8 Å². The van der Waals surface area contributed by atoms with Crippen LogP contribution in [0.15, 0.2) is 191 Å². The molecule has 266 valence electrons. The monoisotopic (exact) mass is 720 g/mol. The quantitative estimate of drug-likeness (QED) is 0.171. The summed E-state index contributed by atoms with van der Waals surface area (Å²) in [5, 5.41) is 2.04. The molecule has 0 amide bonds. The molecule has 8 aromatic carbocycles. The molecule has 2 aromatic heterocycles. The Balaban J connectivity index is 0.999. The Morgan fingerprint density at radius 1 is 0.429 bits per heavy atom. The Labute approximate surface area is 324 Å². The number of para-hydroxylation sites is 2. The first-order valence-electron chi connectivity index (χ1n) is 19.1. The third-order valence-electron chi connectivity index (χ3n) is 11.5. The second kappa shape index (κ2) is 12.4. The van der Waals surface area contributed by atoms with Gasteiger partial charge in [-0.25, -0.2) is 4.98 Å². The van der Waals surface area contributed by atoms with E-state index in [0.717, 1.165) is 66.8 Å². The molecule has 0 saturated heterocycles. The second-order valence-electron chi connectivity index (χ2n) is 15.2. The van der Waals surface area contributed by atoms with Crippen molar-refractivity contribution in [3.8, 4) is 44.8 Å². The topological polar surface area (TPSA) is 42.4 Å². The molecular formula is C52H36N2O2. The lowest BCUT2D eigenvalue weighted by Crippen LogP contribution is -2.15. The van der Waals surface area contributed by atoms with Crippen LogP contribution in [0.25, 0.3) is 77.9 Å². The van der Waals surface area contributed by atoms with Gasteiger partial charge >= 0.3 is 0 Å². The number of furan rings is 1. The summed E-state index contributed by atoms with van der Waals surface area (Å²) < 4.78 is 12.7. The van der Waals surface area contributed by atoms with Gasteiger partial charge in [-0.15, -0.1) is 0 Å². The van der Waals surface area contributed by atoms with Gasteiger partial charge in [0.25, 0.3) is 0 Å². The molecule has 0 aliphatic heterocycles. The molecule has 2 heterocycles. The lowest BCUT2D eigenvalue weighted by Gasteiger charge is -2.27. The summed E-state index contributed by atoms with van der Waals surface area (Å²) in [6.07, 6.45) is 0. The van der Waals surface area contributed by atoms with Crippen LogP contribution >= 0.6 is 0 Å². The summed E-state index contributed by atoms with van der Waals surface area (Å²) in [6.45, 7) is 4.66. The number of nitrogens with zero attached hydrogens (tertiary/aromatic N) is 2. The molecule has 0 saturated carbocycles. The molecular weight excluding hydrogens is 685 g/mol. The standard InChI is InChI=1S/C52H36N2O2/c1-52(2)44-18-7-6-16-40(44)43-32-39(27-29-45(43)52)54(38-15-10-14-35(30-38)33-12-4-3-5-13-33)37-25-22-34(23-26-37)36-24-28-41-49(31-36)55-48-21-11-17-42(50(41)48)51-53-46-19-8-9-20-47(46)56-51/h3-32H,1-2H3. The fraction of sp³-hybridized carbons (Fsp3) is 0.0577. The Kier molecular flexibility index (Phi) is 7.17. The third-order valence-corrected chi connectivity index (χ3v) is 11.5. The SMILES string of the molecule is CC1(C)c2ccccc2-c2cc(N(c3ccc(-c4ccc5c(c4)oc4cccc(-c6nc7ccccc7o6)c45)cc3)c3cccc(-c4ccccc4)c3)ccc21. The number of rotatable bonds is 6. The number of hydrogen-bond acceptors (Lipinski definition) is 4. The van der Waals surface area contributed by atoms with Crippen molar-refractivity contribution >= 4 is 50.1 Å². The van der Waals surface area contributed by atoms with Crippen molar-refractivity contribution in [2.24, 2.45) is 0 Å². The number of anilines is 3. The lowest BCUT2D eigenvalue weighted by atomic mass is 9.82. The van der Waals surface area contributed by atoms with Gasteiger partial charge in [-0.05, 0) is 117 Å². The Morgan fingerprint density at radius 3 is 1.95 bits per heavy atom. The minimum Gasteiger partial charge on any atom is -0.456 e. The van der Waals surface area contributed by atoms with E-state index in [1.54, 1.807) is 0 Å². The Bertz CT molecular complexity index is 3080. The van der Waals surface area contributed by atoms with Crippen LogP contribution in [0.4, 0.5) is 17.1 Å². The Hall–Kier alpha value is -7.17. The summed E-state index contributed by atoms with van der Waals surface area (Å²) >= 11 is 0. The molecule has 0 bridgehead atoms. The minimum atomic E-state index is -0.0585. The average molecular weight is 721 g/mol. The fourth-order valence-electron chi connectivity index (χ4n) is 8.72. The Morgan fingerprint density at radius 2 is 1.07 bits per heavy atom. The maximum atomic E-state index is 6.47. The van der Waals surface area contributed by atoms with E-state index in [9.17, 15) is 0 Å². The zero-order valence-corrected chi connectivity index (χ0v) is 31.0. The van der Waals surface area contributed by atoms with Crippen molar-refractivity contribution in [2.75, 3.05) is 4.90 Å². The summed E-state index contributed by atoms with van der Waals surface area (Å²) in [6, 6.07) is 64.5. The molecule has 0 fully saturated rings. The first-order chi connectivity index (χ1) is 27.5. The van der Waals surface area contributed by atoms with Crippen molar-refractivity contribution in [2.45, 2.75) is 19.3 Å². The van der Waals surface area contributed by atoms with Gasteiger partial charge in [0.15, 0.2) is 5.58 Å². The van der Waals surface area contributed by atoms with Crippen LogP contribution in [0.1, 0.15) is 25.0 Å². The van der Waals surface area contributed by atoms with Crippen molar-refractivity contribution in [3.05, 3.63) is 193 Å². The zero-order valence-electron chi connectivity index (χ0n) is 31.0. The molecule has 11 rings (SSSR count). The van der Waals surface area contributed by atoms with Crippen LogP contribution in [0, 0.1) is 0 Å². The summed E-state index contributed by atoms with van der Waals surface area (Å²) in [5.41, 5.74) is 17.3. The highest BCUT2D eigenvalue weighted by atomic mass is 16.3. The molecule has 0 atom stereocenters. The second-order valence-corrected chi connectivity index (χ2v) is 15.2. The van der Waals surface area contributed by atoms with E-state index in [1.165, 1.54) is 33.4 Å². The van der Waals surface area contributed by atoms with Crippen LogP contribution in [0.2, 0.25) is 0 Å². The van der Waals surface area contributed by atoms with E-state index in [-0.39, 0.29) is 5.41 Å². The molecule has 0 unspecified atom stereocenters. The number of hydrogen-bond donors (Lipinski definition) is 0. The predicted octanol–water partition coefficient (Wildman–Crippen LogP) is 14.5. The van der Waals surface area contributed by atoms with E-state index in [2.05, 4.69) is 164 Å². The molecule has 0 N–H and O–H groups in total. The number of oxazole rings is 1. The highest BCUT2D eigenvalue weighted by molar-refractivity contribution is 6.12. The molecule has 0 spiro atoms. The van der Waals surface area contributed by atoms with Crippen molar-refractivity contribution in [1.29, 1.82) is 0 Å². The predicted molar refractivity (Wildman–Crippen MR) is 230 cm³/mol. The molecule has 4 heteroatoms. The summed E-state index contributed by atoms with van der Waals surface area (Å²) in [4.78, 5) is 7.17. The van der Waals surface area contributed by atoms with Gasteiger partial charge in [-0.1, -0.05) is 123 Å². The van der Waals surface area contributed by atoms with Gasteiger partial charge in [0.05, 0.1) is 0 Å². The summed E-state index contributed by atoms with van der Waals surface area (Å²) in [5.74, 6) is 0.592. The molecule has 1 aliphatic carbocycles. The van der Waals surface area contributed by atoms with E-state index in [0.29, 0.717) is 5.89 Å². The maximum Gasteiger partial charge on any atom is 0.228 e. The maximum absolute atomic E-state index is 6.47. The van der Waals surface area contributed by atoms with Crippen LogP contribution in [-0.2, 0) is 5.41 Å². The first kappa shape index (κ1) is 32.3. The molecule has 0 radical (unpaired) electrons. The molecule has 56 heavy (non-hydrogen) atoms. The largest absolute Gasteiger partial charge is 0.456 e. The van der Waals surface area contributed by atoms with Gasteiger partial charge in [0.2, 0.25) is 5.89 Å². The third kappa shape index (κ3) is 5.10. The molecule has 4 nitrogen and oxygen atoms in total. The van der Waals surface area contributed by atoms with Gasteiger partial charge in [-0.2, -0.15) is 0 Å². The van der Waals surface area contributed by atoms with Gasteiger partial charge in [-0.3, -0.25) is 0 Å². The lowest BCUT2D eigenvalue weighted by molar-refractivity contribution is 0.620. The number of benzene rings is 8. The van der Waals surface area contributed by atoms with Crippen LogP contribution < -0.4 is 4.90 Å². The number of fused-ring (bicyclic) bond motifs is 7. The van der Waals surface area contributed by atoms with Gasteiger partial charge in [0.1, 0.15) is 16.7 Å². The van der Waals surface area contributed by atoms with E-state index in [4.69, 9.17) is 13.8 Å². The number of aromatic nitrogens is 1. The minimum absolute atomic E-state index is 0.0585. The highest BCUT2D eigenvalue weighted by Crippen LogP contribution is 2.51. The summed E-state index contributed by atoms with van der Waals surface area (Å²) in [7, 11) is 0. The zero-order chi connectivity index (χ0) is 37.4. The molecule has 1 aliphatic rings. The normalized spacial score (nSPS) is 13.0. The van der Waals surface area contributed by atoms with E-state index < -0.39 is 0 Å². The highest BCUT2D eigenvalue weighted by Gasteiger charge is 2.35. The average Bonchev–Trinajstić information content (AvgIpc) is 3.92. The van der Waals surface area contributed by atoms with Crippen molar-refractivity contribution in [3.63, 3.8) is 0 Å². The van der Waals surface area contributed by atoms with Crippen molar-refractivity contribution in [1.82, 2.24) is 4.98 Å². The smallest absolute Gasteiger partial charge is 0.228 e.